The van der Waals surface area contributed by atoms with E-state index in [9.17, 15) is 4.79 Å². The molecule has 0 saturated carbocycles. The highest BCUT2D eigenvalue weighted by molar-refractivity contribution is 5.87. The Hall–Kier alpha value is -1.64. The fourth-order valence-electron chi connectivity index (χ4n) is 1.28. The molecule has 15 heavy (non-hydrogen) atoms. The topological polar surface area (TPSA) is 33.2 Å². The van der Waals surface area contributed by atoms with Crippen LogP contribution in [0.25, 0.3) is 0 Å². The maximum atomic E-state index is 11.6. The second-order valence-electron chi connectivity index (χ2n) is 3.17. The Bertz CT molecular complexity index is 333. The average molecular weight is 204 g/mol. The first-order chi connectivity index (χ1) is 7.27. The largest absolute Gasteiger partial charge is 0.334 e. The molecule has 0 atom stereocenters. The van der Waals surface area contributed by atoms with Gasteiger partial charge in [-0.25, -0.2) is 0 Å². The quantitative estimate of drug-likeness (QED) is 0.703. The molecule has 3 nitrogen and oxygen atoms in total. The third kappa shape index (κ3) is 3.54. The lowest BCUT2D eigenvalue weighted by atomic mass is 10.3. The molecule has 0 saturated heterocycles. The van der Waals surface area contributed by atoms with Gasteiger partial charge in [-0.1, -0.05) is 12.1 Å². The highest BCUT2D eigenvalue weighted by Gasteiger charge is 2.08. The smallest absolute Gasteiger partial charge is 0.246 e. The number of nitrogens with zero attached hydrogens (tertiary/aromatic N) is 2. The molecule has 1 aromatic heterocycles. The third-order valence-corrected chi connectivity index (χ3v) is 2.08. The maximum absolute atomic E-state index is 11.6. The monoisotopic (exact) mass is 204 g/mol. The molecule has 0 bridgehead atoms. The van der Waals surface area contributed by atoms with Gasteiger partial charge in [0.15, 0.2) is 0 Å². The van der Waals surface area contributed by atoms with E-state index in [2.05, 4.69) is 4.98 Å². The molecule has 1 rings (SSSR count). The number of aromatic nitrogens is 1. The number of rotatable bonds is 4. The molecule has 0 aliphatic rings. The molecule has 0 aromatic carbocycles. The van der Waals surface area contributed by atoms with Crippen LogP contribution in [0, 0.1) is 0 Å². The van der Waals surface area contributed by atoms with Gasteiger partial charge >= 0.3 is 0 Å². The minimum Gasteiger partial charge on any atom is -0.334 e. The van der Waals surface area contributed by atoms with Crippen LogP contribution in [-0.2, 0) is 11.3 Å². The van der Waals surface area contributed by atoms with Crippen molar-refractivity contribution in [3.8, 4) is 0 Å². The molecular formula is C12H16N2O. The predicted octanol–water partition coefficient (Wildman–Crippen LogP) is 2.01. The normalized spacial score (nSPS) is 10.5. The molecule has 0 fully saturated rings. The third-order valence-electron chi connectivity index (χ3n) is 2.08. The SMILES string of the molecule is CC=CC(=O)N(CC)Cc1ccccn1. The average Bonchev–Trinajstić information content (AvgIpc) is 2.27. The van der Waals surface area contributed by atoms with Crippen molar-refractivity contribution in [1.82, 2.24) is 9.88 Å². The second kappa shape index (κ2) is 5.96. The van der Waals surface area contributed by atoms with Crippen molar-refractivity contribution in [3.63, 3.8) is 0 Å². The van der Waals surface area contributed by atoms with Crippen LogP contribution in [0.15, 0.2) is 36.5 Å². The van der Waals surface area contributed by atoms with Crippen LogP contribution in [0.1, 0.15) is 19.5 Å². The Morgan fingerprint density at radius 3 is 2.87 bits per heavy atom. The van der Waals surface area contributed by atoms with E-state index in [1.54, 1.807) is 23.2 Å². The Labute approximate surface area is 90.4 Å². The van der Waals surface area contributed by atoms with Crippen LogP contribution in [0.3, 0.4) is 0 Å². The Balaban J connectivity index is 2.66. The van der Waals surface area contributed by atoms with E-state index in [0.29, 0.717) is 13.1 Å². The van der Waals surface area contributed by atoms with Crippen molar-refractivity contribution in [2.45, 2.75) is 20.4 Å². The van der Waals surface area contributed by atoms with E-state index in [4.69, 9.17) is 0 Å². The van der Waals surface area contributed by atoms with E-state index < -0.39 is 0 Å². The van der Waals surface area contributed by atoms with Crippen molar-refractivity contribution in [2.75, 3.05) is 6.54 Å². The molecule has 1 heterocycles. The summed E-state index contributed by atoms with van der Waals surface area (Å²) < 4.78 is 0. The van der Waals surface area contributed by atoms with Gasteiger partial charge in [0.1, 0.15) is 0 Å². The van der Waals surface area contributed by atoms with Crippen LogP contribution in [0.5, 0.6) is 0 Å². The maximum Gasteiger partial charge on any atom is 0.246 e. The molecule has 80 valence electrons. The van der Waals surface area contributed by atoms with Crippen LogP contribution >= 0.6 is 0 Å². The van der Waals surface area contributed by atoms with E-state index in [0.717, 1.165) is 5.69 Å². The Morgan fingerprint density at radius 2 is 2.33 bits per heavy atom. The van der Waals surface area contributed by atoms with Crippen molar-refractivity contribution >= 4 is 5.91 Å². The highest BCUT2D eigenvalue weighted by atomic mass is 16.2. The summed E-state index contributed by atoms with van der Waals surface area (Å²) in [6, 6.07) is 5.72. The number of carbonyl (C=O) groups is 1. The van der Waals surface area contributed by atoms with Gasteiger partial charge in [0.05, 0.1) is 12.2 Å². The first-order valence-electron chi connectivity index (χ1n) is 5.09. The summed E-state index contributed by atoms with van der Waals surface area (Å²) >= 11 is 0. The molecule has 0 N–H and O–H groups in total. The molecule has 0 aliphatic carbocycles. The first-order valence-corrected chi connectivity index (χ1v) is 5.09. The van der Waals surface area contributed by atoms with E-state index in [1.165, 1.54) is 0 Å². The summed E-state index contributed by atoms with van der Waals surface area (Å²) in [6.07, 6.45) is 5.07. The Kier molecular flexibility index (Phi) is 4.54. The van der Waals surface area contributed by atoms with Crippen molar-refractivity contribution in [2.24, 2.45) is 0 Å². The van der Waals surface area contributed by atoms with Crippen molar-refractivity contribution in [3.05, 3.63) is 42.2 Å². The minimum atomic E-state index is 0.0330. The van der Waals surface area contributed by atoms with Gasteiger partial charge in [-0.05, 0) is 32.1 Å². The molecule has 0 aliphatic heterocycles. The molecular weight excluding hydrogens is 188 g/mol. The number of hydrogen-bond donors (Lipinski definition) is 0. The zero-order valence-corrected chi connectivity index (χ0v) is 9.18. The molecule has 1 amide bonds. The standard InChI is InChI=1S/C12H16N2O/c1-3-7-12(15)14(4-2)10-11-8-5-6-9-13-11/h3,5-9H,4,10H2,1-2H3. The fourth-order valence-corrected chi connectivity index (χ4v) is 1.28. The van der Waals surface area contributed by atoms with Crippen LogP contribution in [0.4, 0.5) is 0 Å². The van der Waals surface area contributed by atoms with Gasteiger partial charge in [0.25, 0.3) is 0 Å². The van der Waals surface area contributed by atoms with Crippen molar-refractivity contribution in [1.29, 1.82) is 0 Å². The molecule has 0 radical (unpaired) electrons. The summed E-state index contributed by atoms with van der Waals surface area (Å²) in [5, 5.41) is 0. The van der Waals surface area contributed by atoms with Crippen LogP contribution in [0.2, 0.25) is 0 Å². The number of likely N-dealkylation sites (N-methyl/N-ethyl adjacent to an activating group) is 1. The number of carbonyl (C=O) groups excluding carboxylic acids is 1. The van der Waals surface area contributed by atoms with E-state index in [1.807, 2.05) is 32.0 Å². The number of hydrogen-bond acceptors (Lipinski definition) is 2. The zero-order chi connectivity index (χ0) is 11.1. The number of allylic oxidation sites excluding steroid dienone is 1. The molecule has 0 unspecified atom stereocenters. The second-order valence-corrected chi connectivity index (χ2v) is 3.17. The zero-order valence-electron chi connectivity index (χ0n) is 9.18. The molecule has 3 heteroatoms. The lowest BCUT2D eigenvalue weighted by Crippen LogP contribution is -2.28. The van der Waals surface area contributed by atoms with E-state index >= 15 is 0 Å². The van der Waals surface area contributed by atoms with Gasteiger partial charge in [-0.3, -0.25) is 9.78 Å². The molecule has 0 spiro atoms. The number of amides is 1. The van der Waals surface area contributed by atoms with Gasteiger partial charge in [0.2, 0.25) is 5.91 Å². The van der Waals surface area contributed by atoms with Crippen LogP contribution < -0.4 is 0 Å². The van der Waals surface area contributed by atoms with Gasteiger partial charge in [-0.15, -0.1) is 0 Å². The van der Waals surface area contributed by atoms with Crippen molar-refractivity contribution < 1.29 is 4.79 Å². The first kappa shape index (κ1) is 11.4. The lowest BCUT2D eigenvalue weighted by Gasteiger charge is -2.18. The summed E-state index contributed by atoms with van der Waals surface area (Å²) in [5.74, 6) is 0.0330. The predicted molar refractivity (Wildman–Crippen MR) is 60.1 cm³/mol. The van der Waals surface area contributed by atoms with Gasteiger partial charge in [0, 0.05) is 12.7 Å². The highest BCUT2D eigenvalue weighted by Crippen LogP contribution is 2.01. The van der Waals surface area contributed by atoms with Crippen LogP contribution in [-0.4, -0.2) is 22.3 Å². The minimum absolute atomic E-state index is 0.0330. The summed E-state index contributed by atoms with van der Waals surface area (Å²) in [6.45, 7) is 5.07. The Morgan fingerprint density at radius 1 is 1.53 bits per heavy atom. The lowest BCUT2D eigenvalue weighted by molar-refractivity contribution is -0.126. The van der Waals surface area contributed by atoms with Gasteiger partial charge in [-0.2, -0.15) is 0 Å². The number of pyridine rings is 1. The van der Waals surface area contributed by atoms with E-state index in [-0.39, 0.29) is 5.91 Å². The summed E-state index contributed by atoms with van der Waals surface area (Å²) in [5.41, 5.74) is 0.914. The fraction of sp³-hybridized carbons (Fsp3) is 0.333. The van der Waals surface area contributed by atoms with Gasteiger partial charge < -0.3 is 4.90 Å². The summed E-state index contributed by atoms with van der Waals surface area (Å²) in [7, 11) is 0. The summed E-state index contributed by atoms with van der Waals surface area (Å²) in [4.78, 5) is 17.5. The molecule has 1 aromatic rings.